The first-order valence-electron chi connectivity index (χ1n) is 13.2. The van der Waals surface area contributed by atoms with Crippen LogP contribution in [0.3, 0.4) is 0 Å². The number of carboxylic acid groups (broad SMARTS) is 1. The zero-order valence-corrected chi connectivity index (χ0v) is 25.2. The Bertz CT molecular complexity index is 1500. The second-order valence-electron chi connectivity index (χ2n) is 11.4. The van der Waals surface area contributed by atoms with Gasteiger partial charge in [0.1, 0.15) is 24.0 Å². The van der Waals surface area contributed by atoms with Crippen molar-refractivity contribution in [1.82, 2.24) is 10.0 Å². The fourth-order valence-corrected chi connectivity index (χ4v) is 7.02. The lowest BCUT2D eigenvalue weighted by molar-refractivity contribution is -0.159. The van der Waals surface area contributed by atoms with E-state index in [9.17, 15) is 24.3 Å². The van der Waals surface area contributed by atoms with E-state index < -0.39 is 39.7 Å². The third kappa shape index (κ3) is 6.18. The van der Waals surface area contributed by atoms with Crippen molar-refractivity contribution in [2.75, 3.05) is 19.4 Å². The lowest BCUT2D eigenvalue weighted by Crippen LogP contribution is -2.72. The average Bonchev–Trinajstić information content (AvgIpc) is 3.00. The van der Waals surface area contributed by atoms with Gasteiger partial charge in [0.25, 0.3) is 0 Å². The summed E-state index contributed by atoms with van der Waals surface area (Å²) in [5.41, 5.74) is 4.86. The first-order chi connectivity index (χ1) is 19.3. The van der Waals surface area contributed by atoms with Crippen LogP contribution in [0.25, 0.3) is 10.8 Å². The number of halogens is 1. The van der Waals surface area contributed by atoms with Crippen LogP contribution in [0.1, 0.15) is 44.1 Å². The third-order valence-corrected chi connectivity index (χ3v) is 8.64. The van der Waals surface area contributed by atoms with Crippen LogP contribution in [-0.4, -0.2) is 54.2 Å². The highest BCUT2D eigenvalue weighted by molar-refractivity contribution is 8.00. The maximum atomic E-state index is 14.4. The molecule has 10 heteroatoms. The molecule has 0 spiro atoms. The Morgan fingerprint density at radius 1 is 1.10 bits per heavy atom. The first kappa shape index (κ1) is 30.7. The SMILES string of the molecule is COC(=O)[C@@H](N[N@@+]1(CC(C)(C)C)C(=O)CS[C@H](c2cccc3ccccc23)c2cc(Cl)ccc21)C(C(C)=O)C(=O)O. The Morgan fingerprint density at radius 3 is 2.41 bits per heavy atom. The summed E-state index contributed by atoms with van der Waals surface area (Å²) in [5, 5.41) is 12.2. The number of quaternary nitrogens is 1. The van der Waals surface area contributed by atoms with Gasteiger partial charge in [0.2, 0.25) is 0 Å². The van der Waals surface area contributed by atoms with E-state index in [-0.39, 0.29) is 23.5 Å². The fourth-order valence-electron chi connectivity index (χ4n) is 5.56. The minimum absolute atomic E-state index is 0.0367. The van der Waals surface area contributed by atoms with Crippen molar-refractivity contribution < 1.29 is 29.0 Å². The van der Waals surface area contributed by atoms with E-state index in [0.717, 1.165) is 35.9 Å². The number of carboxylic acids is 1. The molecule has 0 aliphatic carbocycles. The van der Waals surface area contributed by atoms with Crippen LogP contribution in [0.15, 0.2) is 60.7 Å². The molecule has 0 aromatic heterocycles. The Balaban J connectivity index is 2.02. The van der Waals surface area contributed by atoms with E-state index in [4.69, 9.17) is 16.3 Å². The zero-order chi connectivity index (χ0) is 30.1. The largest absolute Gasteiger partial charge is 0.481 e. The summed E-state index contributed by atoms with van der Waals surface area (Å²) >= 11 is 8.00. The second-order valence-corrected chi connectivity index (χ2v) is 13.0. The smallest absolute Gasteiger partial charge is 0.347 e. The van der Waals surface area contributed by atoms with Gasteiger partial charge < -0.3 is 9.84 Å². The monoisotopic (exact) mass is 597 g/mol. The number of benzene rings is 3. The number of hydrogen-bond acceptors (Lipinski definition) is 7. The highest BCUT2D eigenvalue weighted by Gasteiger charge is 2.53. The standard InChI is InChI=1S/C31H33ClN2O6S/c1-18(35)26(29(37)38)27(30(39)40-5)33-34(17-31(2,3)4)24-14-13-20(32)15-23(24)28(41-16-25(34)36)22-12-8-10-19-9-6-7-11-21(19)22/h6-15,26-28,33H,16-17H2,1-5H3/p+1/t26?,27-,28+,34+/m0/s1. The van der Waals surface area contributed by atoms with Crippen molar-refractivity contribution in [3.63, 3.8) is 0 Å². The summed E-state index contributed by atoms with van der Waals surface area (Å²) in [6.45, 7) is 7.11. The maximum absolute atomic E-state index is 14.4. The molecule has 3 aromatic rings. The van der Waals surface area contributed by atoms with E-state index in [1.165, 1.54) is 11.8 Å². The first-order valence-corrected chi connectivity index (χ1v) is 14.6. The highest BCUT2D eigenvalue weighted by atomic mass is 35.5. The average molecular weight is 598 g/mol. The number of hydrogen-bond donors (Lipinski definition) is 2. The van der Waals surface area contributed by atoms with E-state index in [0.29, 0.717) is 10.7 Å². The van der Waals surface area contributed by atoms with Crippen LogP contribution in [0.5, 0.6) is 0 Å². The molecule has 0 saturated carbocycles. The van der Waals surface area contributed by atoms with Crippen molar-refractivity contribution in [1.29, 1.82) is 0 Å². The highest BCUT2D eigenvalue weighted by Crippen LogP contribution is 2.48. The predicted molar refractivity (Wildman–Crippen MR) is 162 cm³/mol. The minimum atomic E-state index is -1.77. The van der Waals surface area contributed by atoms with Crippen molar-refractivity contribution in [2.24, 2.45) is 11.3 Å². The third-order valence-electron chi connectivity index (χ3n) is 7.15. The summed E-state index contributed by atoms with van der Waals surface area (Å²) in [4.78, 5) is 52.3. The molecule has 0 saturated heterocycles. The van der Waals surface area contributed by atoms with Crippen molar-refractivity contribution in [2.45, 2.75) is 39.0 Å². The van der Waals surface area contributed by atoms with E-state index in [1.54, 1.807) is 12.1 Å². The van der Waals surface area contributed by atoms with E-state index in [1.807, 2.05) is 69.3 Å². The minimum Gasteiger partial charge on any atom is -0.481 e. The number of ether oxygens (including phenoxy) is 1. The molecular weight excluding hydrogens is 564 g/mol. The molecule has 1 heterocycles. The molecule has 2 N–H and O–H groups in total. The molecule has 0 bridgehead atoms. The van der Waals surface area contributed by atoms with Gasteiger partial charge in [-0.15, -0.1) is 21.8 Å². The zero-order valence-electron chi connectivity index (χ0n) is 23.6. The number of fused-ring (bicyclic) bond motifs is 2. The van der Waals surface area contributed by atoms with Crippen molar-refractivity contribution in [3.05, 3.63) is 76.8 Å². The summed E-state index contributed by atoms with van der Waals surface area (Å²) < 4.78 is 4.39. The second kappa shape index (κ2) is 11.9. The van der Waals surface area contributed by atoms with Crippen LogP contribution in [0.2, 0.25) is 5.02 Å². The normalized spacial score (nSPS) is 20.5. The number of carbonyl (C=O) groups excluding carboxylic acids is 3. The predicted octanol–water partition coefficient (Wildman–Crippen LogP) is 5.55. The molecule has 41 heavy (non-hydrogen) atoms. The number of carbonyl (C=O) groups is 4. The lowest BCUT2D eigenvalue weighted by atomic mass is 9.92. The van der Waals surface area contributed by atoms with Gasteiger partial charge in [-0.2, -0.15) is 0 Å². The number of Topliss-reactive ketones (excluding diaryl/α,β-unsaturated/α-hetero) is 1. The molecule has 216 valence electrons. The number of ketones is 1. The Kier molecular flexibility index (Phi) is 8.94. The Morgan fingerprint density at radius 2 is 1.78 bits per heavy atom. The summed E-state index contributed by atoms with van der Waals surface area (Å²) in [5.74, 6) is -5.21. The van der Waals surface area contributed by atoms with Gasteiger partial charge in [-0.25, -0.2) is 4.79 Å². The van der Waals surface area contributed by atoms with E-state index in [2.05, 4.69) is 5.43 Å². The molecular formula is C31H34ClN2O6S+. The lowest BCUT2D eigenvalue weighted by Gasteiger charge is -2.41. The van der Waals surface area contributed by atoms with Crippen molar-refractivity contribution in [3.8, 4) is 0 Å². The number of methoxy groups -OCH3 is 1. The molecule has 1 amide bonds. The van der Waals surface area contributed by atoms with E-state index >= 15 is 0 Å². The van der Waals surface area contributed by atoms with Crippen LogP contribution >= 0.6 is 23.4 Å². The van der Waals surface area contributed by atoms with Gasteiger partial charge in [-0.3, -0.25) is 14.4 Å². The van der Waals surface area contributed by atoms with Crippen LogP contribution < -0.4 is 10.0 Å². The molecule has 0 fully saturated rings. The Hall–Kier alpha value is -3.24. The van der Waals surface area contributed by atoms with Crippen LogP contribution in [-0.2, 0) is 23.9 Å². The van der Waals surface area contributed by atoms with Crippen LogP contribution in [0.4, 0.5) is 5.69 Å². The maximum Gasteiger partial charge on any atom is 0.347 e. The number of esters is 1. The molecule has 8 nitrogen and oxygen atoms in total. The number of amides is 1. The fraction of sp³-hybridized carbons (Fsp3) is 0.355. The van der Waals surface area contributed by atoms with Gasteiger partial charge in [0.15, 0.2) is 11.7 Å². The van der Waals surface area contributed by atoms with Gasteiger partial charge in [0.05, 0.1) is 12.4 Å². The molecule has 3 aromatic carbocycles. The molecule has 0 radical (unpaired) electrons. The molecule has 4 rings (SSSR count). The molecule has 1 aliphatic rings. The number of thioether (sulfide) groups is 1. The summed E-state index contributed by atoms with van der Waals surface area (Å²) in [6, 6.07) is 17.6. The number of nitrogens with one attached hydrogen (secondary N) is 1. The molecule has 4 atom stereocenters. The molecule has 1 aliphatic heterocycles. The summed E-state index contributed by atoms with van der Waals surface area (Å²) in [7, 11) is 1.12. The number of aliphatic carboxylic acids is 1. The number of nitrogens with zero attached hydrogens (tertiary/aromatic N) is 1. The number of rotatable bonds is 8. The van der Waals surface area contributed by atoms with Gasteiger partial charge in [0, 0.05) is 22.1 Å². The van der Waals surface area contributed by atoms with Gasteiger partial charge >= 0.3 is 17.8 Å². The molecule has 1 unspecified atom stereocenters. The van der Waals surface area contributed by atoms with Crippen molar-refractivity contribution >= 4 is 63.5 Å². The topological polar surface area (TPSA) is 110 Å². The van der Waals surface area contributed by atoms with Gasteiger partial charge in [-0.05, 0) is 35.4 Å². The summed E-state index contributed by atoms with van der Waals surface area (Å²) in [6.07, 6.45) is 0. The quantitative estimate of drug-likeness (QED) is 0.198. The Labute approximate surface area is 248 Å². The van der Waals surface area contributed by atoms with Gasteiger partial charge in [-0.1, -0.05) is 74.8 Å². The van der Waals surface area contributed by atoms with Crippen LogP contribution in [0, 0.1) is 11.3 Å².